The number of hydrogen-bond acceptors (Lipinski definition) is 3. The first-order chi connectivity index (χ1) is 8.66. The Morgan fingerprint density at radius 2 is 1.89 bits per heavy atom. The first-order valence-corrected chi connectivity index (χ1v) is 7.81. The lowest BCUT2D eigenvalue weighted by atomic mass is 9.97. The van der Waals surface area contributed by atoms with Crippen LogP contribution in [0.4, 0.5) is 0 Å². The van der Waals surface area contributed by atoms with E-state index in [1.54, 1.807) is 25.2 Å². The number of hydrogen-bond donors (Lipinski definition) is 1. The van der Waals surface area contributed by atoms with Gasteiger partial charge in [-0.2, -0.15) is 0 Å². The molecule has 0 fully saturated rings. The van der Waals surface area contributed by atoms with Crippen LogP contribution in [-0.4, -0.2) is 33.4 Å². The van der Waals surface area contributed by atoms with Crippen molar-refractivity contribution in [2.75, 3.05) is 20.6 Å². The normalized spacial score (nSPS) is 12.9. The maximum Gasteiger partial charge on any atom is 0.242 e. The highest BCUT2D eigenvalue weighted by molar-refractivity contribution is 7.89. The Balaban J connectivity index is 3.03. The average Bonchev–Trinajstić information content (AvgIpc) is 2.27. The van der Waals surface area contributed by atoms with Gasteiger partial charge in [-0.05, 0) is 30.2 Å². The maximum atomic E-state index is 12.5. The van der Waals surface area contributed by atoms with Crippen molar-refractivity contribution in [3.63, 3.8) is 0 Å². The minimum absolute atomic E-state index is 0.0651. The van der Waals surface area contributed by atoms with Crippen LogP contribution in [0, 0.1) is 5.41 Å². The largest absolute Gasteiger partial charge is 0.316 e. The van der Waals surface area contributed by atoms with Crippen LogP contribution in [0.3, 0.4) is 0 Å². The minimum Gasteiger partial charge on any atom is -0.316 e. The second-order valence-corrected chi connectivity index (χ2v) is 8.04. The second-order valence-electron chi connectivity index (χ2n) is 6.00. The zero-order chi connectivity index (χ0) is 14.7. The van der Waals surface area contributed by atoms with Crippen molar-refractivity contribution in [1.82, 2.24) is 9.62 Å². The molecule has 1 N–H and O–H groups in total. The monoisotopic (exact) mass is 284 g/mol. The average molecular weight is 284 g/mol. The van der Waals surface area contributed by atoms with Gasteiger partial charge in [-0.3, -0.25) is 0 Å². The zero-order valence-electron chi connectivity index (χ0n) is 12.4. The van der Waals surface area contributed by atoms with Gasteiger partial charge in [0.15, 0.2) is 0 Å². The van der Waals surface area contributed by atoms with E-state index >= 15 is 0 Å². The van der Waals surface area contributed by atoms with Gasteiger partial charge in [-0.15, -0.1) is 0 Å². The molecule has 19 heavy (non-hydrogen) atoms. The lowest BCUT2D eigenvalue weighted by molar-refractivity contribution is 0.311. The summed E-state index contributed by atoms with van der Waals surface area (Å²) in [4.78, 5) is 0.354. The molecule has 108 valence electrons. The number of rotatable bonds is 5. The van der Waals surface area contributed by atoms with Crippen LogP contribution in [-0.2, 0) is 16.6 Å². The molecule has 0 saturated carbocycles. The Labute approximate surface area is 116 Å². The Kier molecular flexibility index (Phi) is 5.12. The van der Waals surface area contributed by atoms with E-state index in [9.17, 15) is 8.42 Å². The van der Waals surface area contributed by atoms with Crippen molar-refractivity contribution in [2.45, 2.75) is 32.2 Å². The molecule has 1 aromatic rings. The molecule has 0 aliphatic carbocycles. The van der Waals surface area contributed by atoms with Gasteiger partial charge in [0, 0.05) is 20.1 Å². The summed E-state index contributed by atoms with van der Waals surface area (Å²) in [5.74, 6) is 0. The number of sulfonamides is 1. The van der Waals surface area contributed by atoms with Crippen LogP contribution in [0.15, 0.2) is 29.2 Å². The van der Waals surface area contributed by atoms with Gasteiger partial charge in [0.25, 0.3) is 0 Å². The zero-order valence-corrected chi connectivity index (χ0v) is 13.2. The number of nitrogens with zero attached hydrogens (tertiary/aromatic N) is 1. The molecule has 0 amide bonds. The Hall–Kier alpha value is -0.910. The van der Waals surface area contributed by atoms with Crippen molar-refractivity contribution < 1.29 is 8.42 Å². The fraction of sp³-hybridized carbons (Fsp3) is 0.571. The van der Waals surface area contributed by atoms with Crippen molar-refractivity contribution in [2.24, 2.45) is 5.41 Å². The second kappa shape index (κ2) is 6.03. The Morgan fingerprint density at radius 3 is 2.42 bits per heavy atom. The van der Waals surface area contributed by atoms with Gasteiger partial charge in [0.05, 0.1) is 4.90 Å². The molecule has 0 aromatic heterocycles. The molecule has 0 aliphatic rings. The highest BCUT2D eigenvalue weighted by Crippen LogP contribution is 2.21. The van der Waals surface area contributed by atoms with Crippen LogP contribution in [0.1, 0.15) is 26.3 Å². The van der Waals surface area contributed by atoms with E-state index in [2.05, 4.69) is 5.32 Å². The van der Waals surface area contributed by atoms with Crippen LogP contribution < -0.4 is 5.32 Å². The third kappa shape index (κ3) is 4.60. The van der Waals surface area contributed by atoms with Crippen LogP contribution in [0.5, 0.6) is 0 Å². The SMILES string of the molecule is CNCc1cccc(S(=O)(=O)N(C)CC(C)(C)C)c1. The first-order valence-electron chi connectivity index (χ1n) is 6.37. The highest BCUT2D eigenvalue weighted by Gasteiger charge is 2.25. The topological polar surface area (TPSA) is 49.4 Å². The third-order valence-electron chi connectivity index (χ3n) is 2.68. The van der Waals surface area contributed by atoms with Crippen molar-refractivity contribution in [3.8, 4) is 0 Å². The summed E-state index contributed by atoms with van der Waals surface area (Å²) in [6, 6.07) is 7.07. The quantitative estimate of drug-likeness (QED) is 0.900. The van der Waals surface area contributed by atoms with E-state index in [4.69, 9.17) is 0 Å². The highest BCUT2D eigenvalue weighted by atomic mass is 32.2. The molecule has 0 spiro atoms. The van der Waals surface area contributed by atoms with Gasteiger partial charge >= 0.3 is 0 Å². The molecule has 4 nitrogen and oxygen atoms in total. The standard InChI is InChI=1S/C14H24N2O2S/c1-14(2,3)11-16(5)19(17,18)13-8-6-7-12(9-13)10-15-4/h6-9,15H,10-11H2,1-5H3. The predicted molar refractivity (Wildman–Crippen MR) is 78.5 cm³/mol. The molecular formula is C14H24N2O2S. The summed E-state index contributed by atoms with van der Waals surface area (Å²) in [5, 5.41) is 3.02. The third-order valence-corrected chi connectivity index (χ3v) is 4.48. The number of nitrogens with one attached hydrogen (secondary N) is 1. The molecular weight excluding hydrogens is 260 g/mol. The lowest BCUT2D eigenvalue weighted by Crippen LogP contribution is -2.34. The van der Waals surface area contributed by atoms with E-state index in [0.717, 1.165) is 5.56 Å². The van der Waals surface area contributed by atoms with Crippen LogP contribution in [0.25, 0.3) is 0 Å². The van der Waals surface area contributed by atoms with E-state index in [-0.39, 0.29) is 5.41 Å². The minimum atomic E-state index is -3.41. The fourth-order valence-electron chi connectivity index (χ4n) is 1.95. The Bertz CT molecular complexity index is 518. The summed E-state index contributed by atoms with van der Waals surface area (Å²) >= 11 is 0. The molecule has 0 saturated heterocycles. The van der Waals surface area contributed by atoms with Crippen molar-refractivity contribution >= 4 is 10.0 Å². The molecule has 5 heteroatoms. The number of benzene rings is 1. The molecule has 1 rings (SSSR count). The summed E-state index contributed by atoms with van der Waals surface area (Å²) in [5.41, 5.74) is 0.900. The van der Waals surface area contributed by atoms with Gasteiger partial charge in [0.2, 0.25) is 10.0 Å². The van der Waals surface area contributed by atoms with E-state index < -0.39 is 10.0 Å². The van der Waals surface area contributed by atoms with Crippen molar-refractivity contribution in [3.05, 3.63) is 29.8 Å². The predicted octanol–water partition coefficient (Wildman–Crippen LogP) is 2.07. The summed E-state index contributed by atoms with van der Waals surface area (Å²) in [6.45, 7) is 7.22. The van der Waals surface area contributed by atoms with Crippen molar-refractivity contribution in [1.29, 1.82) is 0 Å². The summed E-state index contributed by atoms with van der Waals surface area (Å²) in [6.07, 6.45) is 0. The van der Waals surface area contributed by atoms with Gasteiger partial charge in [0.1, 0.15) is 0 Å². The molecule has 0 heterocycles. The van der Waals surface area contributed by atoms with E-state index in [1.165, 1.54) is 4.31 Å². The van der Waals surface area contributed by atoms with Gasteiger partial charge in [-0.1, -0.05) is 32.9 Å². The summed E-state index contributed by atoms with van der Waals surface area (Å²) in [7, 11) is 0.0630. The van der Waals surface area contributed by atoms with Gasteiger partial charge < -0.3 is 5.32 Å². The lowest BCUT2D eigenvalue weighted by Gasteiger charge is -2.26. The van der Waals surface area contributed by atoms with Crippen LogP contribution in [0.2, 0.25) is 0 Å². The molecule has 0 radical (unpaired) electrons. The molecule has 0 aliphatic heterocycles. The summed E-state index contributed by atoms with van der Waals surface area (Å²) < 4.78 is 26.4. The first kappa shape index (κ1) is 16.1. The maximum absolute atomic E-state index is 12.5. The van der Waals surface area contributed by atoms with E-state index in [1.807, 2.05) is 33.9 Å². The molecule has 0 bridgehead atoms. The smallest absolute Gasteiger partial charge is 0.242 e. The molecule has 0 atom stereocenters. The van der Waals surface area contributed by atoms with Crippen LogP contribution >= 0.6 is 0 Å². The molecule has 1 aromatic carbocycles. The van der Waals surface area contributed by atoms with E-state index in [0.29, 0.717) is 18.0 Å². The molecule has 0 unspecified atom stereocenters. The van der Waals surface area contributed by atoms with Gasteiger partial charge in [-0.25, -0.2) is 12.7 Å². The fourth-order valence-corrected chi connectivity index (χ4v) is 3.42. The Morgan fingerprint density at radius 1 is 1.26 bits per heavy atom.